The second-order valence-electron chi connectivity index (χ2n) is 8.57. The van der Waals surface area contributed by atoms with E-state index in [0.717, 1.165) is 17.8 Å². The standard InChI is InChI=1S/C28H21F3IN7O/c29-28(30,31)25-14-15-34-27(35-25)39(22-10-12-24(13-11-22)40-23-4-2-1-3-5-23)18-26-36-37-32-19-38(26)17-21-8-6-20(16-33)7-9-21/h1-15H,17-19H2. The average molecular weight is 655 g/mol. The van der Waals surface area contributed by atoms with Crippen molar-refractivity contribution in [1.29, 1.82) is 5.26 Å². The van der Waals surface area contributed by atoms with Gasteiger partial charge in [0.25, 0.3) is 0 Å². The van der Waals surface area contributed by atoms with E-state index in [1.54, 1.807) is 41.3 Å². The molecule has 0 radical (unpaired) electrons. The zero-order valence-corrected chi connectivity index (χ0v) is 23.0. The van der Waals surface area contributed by atoms with E-state index in [4.69, 9.17) is 10.00 Å². The summed E-state index contributed by atoms with van der Waals surface area (Å²) in [6, 6.07) is 26.4. The summed E-state index contributed by atoms with van der Waals surface area (Å²) in [6.45, 7) is 0.602. The van der Waals surface area contributed by atoms with Gasteiger partial charge in [-0.1, -0.05) is 30.3 Å². The third kappa shape index (κ3) is 6.78. The van der Waals surface area contributed by atoms with Crippen LogP contribution in [0.4, 0.5) is 24.8 Å². The summed E-state index contributed by atoms with van der Waals surface area (Å²) in [5, 5.41) is 13.5. The van der Waals surface area contributed by atoms with Crippen molar-refractivity contribution in [3.05, 3.63) is 108 Å². The van der Waals surface area contributed by atoms with E-state index < -0.39 is 32.9 Å². The monoisotopic (exact) mass is 655 g/mol. The smallest absolute Gasteiger partial charge is 0.433 e. The Kier molecular flexibility index (Phi) is 8.30. The molecular formula is C28H21F3IN7O. The molecule has 1 aliphatic rings. The lowest BCUT2D eigenvalue weighted by atomic mass is 10.1. The van der Waals surface area contributed by atoms with Crippen LogP contribution in [0.5, 0.6) is 11.5 Å². The first-order valence-electron chi connectivity index (χ1n) is 12.0. The average Bonchev–Trinajstić information content (AvgIpc) is 2.98. The van der Waals surface area contributed by atoms with Crippen LogP contribution in [0, 0.1) is 11.3 Å². The lowest BCUT2D eigenvalue weighted by Crippen LogP contribution is -2.39. The number of rotatable bonds is 8. The number of ether oxygens (including phenoxy) is 1. The zero-order chi connectivity index (χ0) is 28.0. The zero-order valence-electron chi connectivity index (χ0n) is 20.8. The first-order valence-corrected chi connectivity index (χ1v) is 14.5. The lowest BCUT2D eigenvalue weighted by molar-refractivity contribution is -0.141. The molecule has 0 saturated carbocycles. The summed E-state index contributed by atoms with van der Waals surface area (Å²) in [5.41, 5.74) is 1.05. The number of nitrogens with zero attached hydrogens (tertiary/aromatic N) is 7. The molecule has 0 fully saturated rings. The number of alkyl halides is 4. The molecule has 3 aromatic carbocycles. The topological polar surface area (TPSA) is 90.0 Å². The first-order chi connectivity index (χ1) is 19.4. The van der Waals surface area contributed by atoms with E-state index in [0.29, 0.717) is 39.7 Å². The van der Waals surface area contributed by atoms with Crippen LogP contribution in [-0.4, -0.2) is 31.8 Å². The maximum Gasteiger partial charge on any atom is 0.433 e. The number of benzene rings is 3. The van der Waals surface area contributed by atoms with Crippen LogP contribution in [0.1, 0.15) is 16.8 Å². The van der Waals surface area contributed by atoms with E-state index in [1.807, 2.05) is 42.5 Å². The van der Waals surface area contributed by atoms with E-state index in [-0.39, 0.29) is 12.5 Å². The molecule has 0 bridgehead atoms. The highest BCUT2D eigenvalue weighted by molar-refractivity contribution is 14.2. The van der Waals surface area contributed by atoms with Crippen LogP contribution >= 0.6 is 21.0 Å². The summed E-state index contributed by atoms with van der Waals surface area (Å²) in [4.78, 5) is 11.6. The molecule has 4 aromatic rings. The summed E-state index contributed by atoms with van der Waals surface area (Å²) in [5.74, 6) is 1.68. The molecule has 0 saturated heterocycles. The molecule has 5 rings (SSSR count). The molecule has 1 aromatic heterocycles. The fraction of sp³-hybridized carbons (Fsp3) is 0.143. The molecule has 0 aliphatic carbocycles. The van der Waals surface area contributed by atoms with E-state index in [9.17, 15) is 13.2 Å². The van der Waals surface area contributed by atoms with Gasteiger partial charge in [0.05, 0.1) is 22.7 Å². The molecule has 1 aliphatic heterocycles. The highest BCUT2D eigenvalue weighted by atomic mass is 127. The Balaban J connectivity index is 1.45. The van der Waals surface area contributed by atoms with Gasteiger partial charge in [-0.2, -0.15) is 18.4 Å². The first kappa shape index (κ1) is 27.2. The molecule has 0 unspecified atom stereocenters. The number of anilines is 2. The molecule has 0 amide bonds. The second kappa shape index (κ2) is 12.2. The fourth-order valence-electron chi connectivity index (χ4n) is 3.84. The summed E-state index contributed by atoms with van der Waals surface area (Å²) in [7, 11) is 0. The van der Waals surface area contributed by atoms with Crippen molar-refractivity contribution in [2.45, 2.75) is 12.7 Å². The number of nitriles is 1. The molecular weight excluding hydrogens is 634 g/mol. The number of para-hydroxylation sites is 1. The highest BCUT2D eigenvalue weighted by Gasteiger charge is 2.33. The largest absolute Gasteiger partial charge is 0.457 e. The second-order valence-corrected chi connectivity index (χ2v) is 10.4. The molecule has 12 heteroatoms. The minimum absolute atomic E-state index is 0.0870. The van der Waals surface area contributed by atoms with Gasteiger partial charge in [0.2, 0.25) is 5.95 Å². The number of halogens is 4. The molecule has 8 nitrogen and oxygen atoms in total. The Hall–Kier alpha value is -4.38. The molecule has 202 valence electrons. The van der Waals surface area contributed by atoms with E-state index in [2.05, 4.69) is 29.3 Å². The normalized spacial score (nSPS) is 13.2. The van der Waals surface area contributed by atoms with Crippen LogP contribution in [0.25, 0.3) is 0 Å². The van der Waals surface area contributed by atoms with E-state index >= 15 is 0 Å². The van der Waals surface area contributed by atoms with Gasteiger partial charge >= 0.3 is 6.18 Å². The van der Waals surface area contributed by atoms with Crippen molar-refractivity contribution in [3.8, 4) is 17.6 Å². The Morgan fingerprint density at radius 1 is 0.950 bits per heavy atom. The van der Waals surface area contributed by atoms with Crippen molar-refractivity contribution in [3.63, 3.8) is 0 Å². The Morgan fingerprint density at radius 2 is 1.68 bits per heavy atom. The van der Waals surface area contributed by atoms with Crippen LogP contribution < -0.4 is 9.64 Å². The van der Waals surface area contributed by atoms with Crippen LogP contribution in [0.2, 0.25) is 0 Å². The Labute approximate surface area is 238 Å². The Morgan fingerprint density at radius 3 is 2.38 bits per heavy atom. The van der Waals surface area contributed by atoms with Crippen molar-refractivity contribution in [2.24, 2.45) is 8.36 Å². The van der Waals surface area contributed by atoms with Crippen LogP contribution in [0.3, 0.4) is 0 Å². The SMILES string of the molecule is N#Cc1ccc(CN2CI=NN=C2CN(c2ccc(Oc3ccccc3)cc2)c2nccc(C(F)(F)F)n2)cc1. The highest BCUT2D eigenvalue weighted by Crippen LogP contribution is 2.32. The van der Waals surface area contributed by atoms with Gasteiger partial charge in [-0.15, -0.1) is 8.36 Å². The van der Waals surface area contributed by atoms with Gasteiger partial charge in [0.1, 0.15) is 23.0 Å². The summed E-state index contributed by atoms with van der Waals surface area (Å²) < 4.78 is 51.4. The molecule has 0 spiro atoms. The maximum absolute atomic E-state index is 13.5. The van der Waals surface area contributed by atoms with Gasteiger partial charge in [0.15, 0.2) is 0 Å². The van der Waals surface area contributed by atoms with Gasteiger partial charge in [0, 0.05) is 39.5 Å². The molecule has 2 heterocycles. The van der Waals surface area contributed by atoms with Crippen molar-refractivity contribution in [2.75, 3.05) is 16.0 Å². The molecule has 40 heavy (non-hydrogen) atoms. The van der Waals surface area contributed by atoms with Crippen molar-refractivity contribution in [1.82, 2.24) is 14.9 Å². The minimum atomic E-state index is -4.62. The van der Waals surface area contributed by atoms with Gasteiger partial charge in [-0.25, -0.2) is 9.97 Å². The van der Waals surface area contributed by atoms with Crippen LogP contribution in [0.15, 0.2) is 99.5 Å². The van der Waals surface area contributed by atoms with Gasteiger partial charge < -0.3 is 14.5 Å². The molecule has 0 N–H and O–H groups in total. The number of hydrogen-bond acceptors (Lipinski definition) is 8. The fourth-order valence-corrected chi connectivity index (χ4v) is 5.38. The summed E-state index contributed by atoms with van der Waals surface area (Å²) >= 11 is -0.551. The quantitative estimate of drug-likeness (QED) is 0.113. The predicted molar refractivity (Wildman–Crippen MR) is 152 cm³/mol. The number of amidine groups is 1. The Bertz CT molecular complexity index is 1550. The number of hydrogen-bond donors (Lipinski definition) is 0. The minimum Gasteiger partial charge on any atom is -0.457 e. The van der Waals surface area contributed by atoms with E-state index in [1.165, 1.54) is 0 Å². The summed E-state index contributed by atoms with van der Waals surface area (Å²) in [6.07, 6.45) is -3.53. The third-order valence-electron chi connectivity index (χ3n) is 5.83. The number of aromatic nitrogens is 2. The third-order valence-corrected chi connectivity index (χ3v) is 7.48. The van der Waals surface area contributed by atoms with Crippen LogP contribution in [-0.2, 0) is 12.7 Å². The van der Waals surface area contributed by atoms with Gasteiger partial charge in [-0.3, -0.25) is 0 Å². The lowest BCUT2D eigenvalue weighted by Gasteiger charge is -2.30. The maximum atomic E-state index is 13.5. The van der Waals surface area contributed by atoms with Crippen molar-refractivity contribution >= 4 is 38.5 Å². The van der Waals surface area contributed by atoms with Gasteiger partial charge in [-0.05, 0) is 60.2 Å². The molecule has 0 atom stereocenters. The predicted octanol–water partition coefficient (Wildman–Crippen LogP) is 7.24. The van der Waals surface area contributed by atoms with Crippen molar-refractivity contribution < 1.29 is 17.9 Å².